The minimum Gasteiger partial charge on any atom is -0.393 e. The van der Waals surface area contributed by atoms with Gasteiger partial charge in [0.05, 0.1) is 18.3 Å². The van der Waals surface area contributed by atoms with Crippen LogP contribution in [0.25, 0.3) is 0 Å². The molecule has 2 aromatic rings. The molecule has 0 saturated heterocycles. The molecule has 4 saturated carbocycles. The maximum absolute atomic E-state index is 11.9. The second kappa shape index (κ2) is 10.6. The molecule has 0 spiro atoms. The predicted molar refractivity (Wildman–Crippen MR) is 157 cm³/mol. The Labute approximate surface area is 236 Å². The maximum Gasteiger partial charge on any atom is 0.0602 e. The van der Waals surface area contributed by atoms with Crippen molar-refractivity contribution in [2.24, 2.45) is 46.3 Å². The SMILES string of the molecule is C[C@@H](CCC(c1ccccc1)c1ccccc1)[C@@H]1CC[C@@H]2[C@H]3[C@H](O)C[C@H]4C[C@@H](O)CC[C@]4(C)[C@@H]3C[C@@H](O)[C@@]21C. The Bertz CT molecular complexity index is 1060. The first-order chi connectivity index (χ1) is 18.7. The zero-order valence-electron chi connectivity index (χ0n) is 24.3. The van der Waals surface area contributed by atoms with Crippen LogP contribution in [0.1, 0.15) is 95.6 Å². The summed E-state index contributed by atoms with van der Waals surface area (Å²) in [6, 6.07) is 21.9. The van der Waals surface area contributed by atoms with Gasteiger partial charge in [0.1, 0.15) is 0 Å². The Hall–Kier alpha value is -1.68. The zero-order chi connectivity index (χ0) is 27.4. The smallest absolute Gasteiger partial charge is 0.0602 e. The van der Waals surface area contributed by atoms with E-state index in [1.165, 1.54) is 11.1 Å². The lowest BCUT2D eigenvalue weighted by Gasteiger charge is -2.63. The summed E-state index contributed by atoms with van der Waals surface area (Å²) in [5.41, 5.74) is 2.78. The van der Waals surface area contributed by atoms with E-state index < -0.39 is 0 Å². The molecule has 6 rings (SSSR count). The Balaban J connectivity index is 1.21. The van der Waals surface area contributed by atoms with Crippen LogP contribution in [0.5, 0.6) is 0 Å². The highest BCUT2D eigenvalue weighted by Crippen LogP contribution is 2.68. The van der Waals surface area contributed by atoms with Crippen molar-refractivity contribution < 1.29 is 15.3 Å². The molecule has 0 aliphatic heterocycles. The Kier molecular flexibility index (Phi) is 7.48. The fourth-order valence-corrected chi connectivity index (χ4v) is 10.7. The minimum atomic E-state index is -0.313. The third-order valence-corrected chi connectivity index (χ3v) is 12.8. The lowest BCUT2D eigenvalue weighted by molar-refractivity contribution is -0.207. The molecular weight excluding hydrogens is 480 g/mol. The molecule has 3 heteroatoms. The fraction of sp³-hybridized carbons (Fsp3) is 0.667. The van der Waals surface area contributed by atoms with Gasteiger partial charge in [0, 0.05) is 5.92 Å². The molecule has 3 N–H and O–H groups in total. The lowest BCUT2D eigenvalue weighted by Crippen LogP contribution is -2.62. The molecule has 11 atom stereocenters. The molecule has 0 heterocycles. The second-order valence-corrected chi connectivity index (χ2v) is 14.5. The van der Waals surface area contributed by atoms with Crippen molar-refractivity contribution in [1.82, 2.24) is 0 Å². The standard InChI is InChI=1S/C36H50O3/c1-23(14-15-28(24-10-6-4-7-11-24)25-12-8-5-9-13-25)29-16-17-30-34-31(22-33(39)36(29,30)3)35(2)19-18-27(37)20-26(35)21-32(34)38/h4-13,23,26-34,37-39H,14-22H2,1-3H3/t23-,26+,27-,29-,30+,31+,32+,33+,34+,35-,36+/m0/s1. The number of aliphatic hydroxyl groups is 3. The molecule has 2 aromatic carbocycles. The highest BCUT2D eigenvalue weighted by atomic mass is 16.3. The van der Waals surface area contributed by atoms with Gasteiger partial charge in [-0.05, 0) is 115 Å². The molecule has 0 unspecified atom stereocenters. The van der Waals surface area contributed by atoms with E-state index >= 15 is 0 Å². The Morgan fingerprint density at radius 2 is 1.41 bits per heavy atom. The van der Waals surface area contributed by atoms with Gasteiger partial charge >= 0.3 is 0 Å². The van der Waals surface area contributed by atoms with Gasteiger partial charge in [-0.15, -0.1) is 0 Å². The summed E-state index contributed by atoms with van der Waals surface area (Å²) in [7, 11) is 0. The van der Waals surface area contributed by atoms with E-state index in [0.717, 1.165) is 57.8 Å². The average molecular weight is 531 g/mol. The third kappa shape index (κ3) is 4.61. The van der Waals surface area contributed by atoms with E-state index in [1.54, 1.807) is 0 Å². The quantitative estimate of drug-likeness (QED) is 0.370. The number of hydrogen-bond acceptors (Lipinski definition) is 3. The van der Waals surface area contributed by atoms with Crippen molar-refractivity contribution in [3.8, 4) is 0 Å². The van der Waals surface area contributed by atoms with Crippen LogP contribution in [-0.4, -0.2) is 33.6 Å². The van der Waals surface area contributed by atoms with Crippen LogP contribution in [0.3, 0.4) is 0 Å². The first-order valence-electron chi connectivity index (χ1n) is 15.9. The largest absolute Gasteiger partial charge is 0.393 e. The number of aliphatic hydroxyl groups excluding tert-OH is 3. The fourth-order valence-electron chi connectivity index (χ4n) is 10.7. The first-order valence-corrected chi connectivity index (χ1v) is 15.9. The number of rotatable bonds is 6. The van der Waals surface area contributed by atoms with Gasteiger partial charge in [0.2, 0.25) is 0 Å². The number of benzene rings is 2. The van der Waals surface area contributed by atoms with Crippen molar-refractivity contribution in [3.05, 3.63) is 71.8 Å². The summed E-state index contributed by atoms with van der Waals surface area (Å²) in [6.07, 6.45) is 8.07. The number of hydrogen-bond donors (Lipinski definition) is 3. The van der Waals surface area contributed by atoms with Crippen molar-refractivity contribution in [1.29, 1.82) is 0 Å². The predicted octanol–water partition coefficient (Wildman–Crippen LogP) is 7.20. The summed E-state index contributed by atoms with van der Waals surface area (Å²) in [5.74, 6) is 2.80. The molecule has 0 amide bonds. The van der Waals surface area contributed by atoms with E-state index in [9.17, 15) is 15.3 Å². The van der Waals surface area contributed by atoms with Crippen LogP contribution < -0.4 is 0 Å². The summed E-state index contributed by atoms with van der Waals surface area (Å²) < 4.78 is 0. The molecule has 0 bridgehead atoms. The van der Waals surface area contributed by atoms with Crippen molar-refractivity contribution in [2.75, 3.05) is 0 Å². The molecule has 39 heavy (non-hydrogen) atoms. The van der Waals surface area contributed by atoms with Gasteiger partial charge in [0.25, 0.3) is 0 Å². The average Bonchev–Trinajstić information content (AvgIpc) is 3.30. The van der Waals surface area contributed by atoms with Crippen molar-refractivity contribution in [3.63, 3.8) is 0 Å². The highest BCUT2D eigenvalue weighted by molar-refractivity contribution is 5.32. The summed E-state index contributed by atoms with van der Waals surface area (Å²) in [4.78, 5) is 0. The van der Waals surface area contributed by atoms with Crippen LogP contribution in [0.15, 0.2) is 60.7 Å². The zero-order valence-corrected chi connectivity index (χ0v) is 24.3. The van der Waals surface area contributed by atoms with Crippen LogP contribution in [0, 0.1) is 46.3 Å². The molecule has 4 fully saturated rings. The summed E-state index contributed by atoms with van der Waals surface area (Å²) in [5, 5.41) is 33.9. The van der Waals surface area contributed by atoms with Crippen LogP contribution in [-0.2, 0) is 0 Å². The monoisotopic (exact) mass is 530 g/mol. The van der Waals surface area contributed by atoms with Crippen LogP contribution in [0.2, 0.25) is 0 Å². The molecule has 0 aromatic heterocycles. The van der Waals surface area contributed by atoms with Crippen molar-refractivity contribution >= 4 is 0 Å². The number of fused-ring (bicyclic) bond motifs is 5. The van der Waals surface area contributed by atoms with E-state index in [4.69, 9.17) is 0 Å². The molecule has 4 aliphatic rings. The van der Waals surface area contributed by atoms with E-state index in [2.05, 4.69) is 81.4 Å². The van der Waals surface area contributed by atoms with Crippen LogP contribution >= 0.6 is 0 Å². The summed E-state index contributed by atoms with van der Waals surface area (Å²) >= 11 is 0. The minimum absolute atomic E-state index is 0.131. The molecule has 0 radical (unpaired) electrons. The van der Waals surface area contributed by atoms with Crippen molar-refractivity contribution in [2.45, 2.75) is 103 Å². The normalized spacial score (nSPS) is 42.4. The van der Waals surface area contributed by atoms with Gasteiger partial charge in [-0.25, -0.2) is 0 Å². The highest BCUT2D eigenvalue weighted by Gasteiger charge is 2.65. The topological polar surface area (TPSA) is 60.7 Å². The molecule has 4 aliphatic carbocycles. The molecular formula is C36H50O3. The Morgan fingerprint density at radius 1 is 0.769 bits per heavy atom. The van der Waals surface area contributed by atoms with Gasteiger partial charge in [-0.2, -0.15) is 0 Å². The maximum atomic E-state index is 11.9. The molecule has 3 nitrogen and oxygen atoms in total. The lowest BCUT2D eigenvalue weighted by atomic mass is 9.43. The van der Waals surface area contributed by atoms with Gasteiger partial charge in [-0.3, -0.25) is 0 Å². The van der Waals surface area contributed by atoms with Crippen LogP contribution in [0.4, 0.5) is 0 Å². The van der Waals surface area contributed by atoms with Gasteiger partial charge < -0.3 is 15.3 Å². The molecule has 212 valence electrons. The van der Waals surface area contributed by atoms with E-state index in [0.29, 0.717) is 35.5 Å². The van der Waals surface area contributed by atoms with E-state index in [-0.39, 0.29) is 35.1 Å². The van der Waals surface area contributed by atoms with Gasteiger partial charge in [0.15, 0.2) is 0 Å². The second-order valence-electron chi connectivity index (χ2n) is 14.5. The third-order valence-electron chi connectivity index (χ3n) is 12.8. The van der Waals surface area contributed by atoms with Gasteiger partial charge in [-0.1, -0.05) is 81.4 Å². The van der Waals surface area contributed by atoms with E-state index in [1.807, 2.05) is 0 Å². The first kappa shape index (κ1) is 27.5. The Morgan fingerprint density at radius 3 is 2.05 bits per heavy atom. The summed E-state index contributed by atoms with van der Waals surface area (Å²) in [6.45, 7) is 7.23.